The summed E-state index contributed by atoms with van der Waals surface area (Å²) < 4.78 is 38.1. The van der Waals surface area contributed by atoms with Gasteiger partial charge in [0.15, 0.2) is 17.5 Å². The van der Waals surface area contributed by atoms with Crippen molar-refractivity contribution in [1.29, 1.82) is 0 Å². The Bertz CT molecular complexity index is 944. The van der Waals surface area contributed by atoms with Crippen LogP contribution in [0.1, 0.15) is 19.4 Å². The molecule has 0 aliphatic heterocycles. The first-order valence-electron chi connectivity index (χ1n) is 9.82. The van der Waals surface area contributed by atoms with Crippen molar-refractivity contribution in [2.45, 2.75) is 25.7 Å². The summed E-state index contributed by atoms with van der Waals surface area (Å²) in [6.45, 7) is 7.44. The van der Waals surface area contributed by atoms with E-state index in [2.05, 4.69) is 20.3 Å². The maximum Gasteiger partial charge on any atom is 0.240 e. The first-order valence-corrected chi connectivity index (χ1v) is 11.3. The highest BCUT2D eigenvalue weighted by Crippen LogP contribution is 2.30. The molecule has 0 aliphatic rings. The van der Waals surface area contributed by atoms with Crippen molar-refractivity contribution < 1.29 is 17.9 Å². The van der Waals surface area contributed by atoms with Crippen LogP contribution in [0, 0.1) is 6.92 Å². The average Bonchev–Trinajstić information content (AvgIpc) is 2.73. The van der Waals surface area contributed by atoms with Crippen LogP contribution in [-0.4, -0.2) is 47.7 Å². The van der Waals surface area contributed by atoms with Crippen molar-refractivity contribution in [2.75, 3.05) is 38.7 Å². The predicted molar refractivity (Wildman–Crippen MR) is 120 cm³/mol. The fourth-order valence-electron chi connectivity index (χ4n) is 2.61. The van der Waals surface area contributed by atoms with E-state index in [1.54, 1.807) is 31.4 Å². The lowest BCUT2D eigenvalue weighted by Crippen LogP contribution is -2.32. The molecule has 30 heavy (non-hydrogen) atoms. The lowest BCUT2D eigenvalue weighted by atomic mass is 10.2. The van der Waals surface area contributed by atoms with E-state index in [-0.39, 0.29) is 18.0 Å². The van der Waals surface area contributed by atoms with E-state index in [1.165, 1.54) is 0 Å². The van der Waals surface area contributed by atoms with Crippen LogP contribution in [0.15, 0.2) is 52.4 Å². The van der Waals surface area contributed by atoms with Crippen LogP contribution in [0.4, 0.5) is 5.69 Å². The van der Waals surface area contributed by atoms with Gasteiger partial charge in [0, 0.05) is 24.8 Å². The van der Waals surface area contributed by atoms with Gasteiger partial charge in [-0.25, -0.2) is 13.1 Å². The molecular formula is C21H30N4O4S. The third kappa shape index (κ3) is 6.93. The van der Waals surface area contributed by atoms with Gasteiger partial charge in [0.1, 0.15) is 0 Å². The standard InChI is InChI=1S/C21H30N4O4S/c1-5-22-21(25-17-9-12-19(29-6-2)20(15-17)28-4)23-13-14-24-30(26,27)18-10-7-16(3)8-11-18/h7-12,15,24H,5-6,13-14H2,1-4H3,(H2,22,23,25). The number of methoxy groups -OCH3 is 1. The van der Waals surface area contributed by atoms with Crippen molar-refractivity contribution in [3.63, 3.8) is 0 Å². The highest BCUT2D eigenvalue weighted by molar-refractivity contribution is 7.89. The molecule has 0 saturated carbocycles. The molecular weight excluding hydrogens is 404 g/mol. The van der Waals surface area contributed by atoms with E-state index in [0.29, 0.717) is 30.6 Å². The predicted octanol–water partition coefficient (Wildman–Crippen LogP) is 2.76. The molecule has 0 heterocycles. The summed E-state index contributed by atoms with van der Waals surface area (Å²) in [5, 5.41) is 6.32. The summed E-state index contributed by atoms with van der Waals surface area (Å²) in [5.74, 6) is 1.82. The van der Waals surface area contributed by atoms with E-state index >= 15 is 0 Å². The number of sulfonamides is 1. The van der Waals surface area contributed by atoms with Crippen LogP contribution in [0.5, 0.6) is 11.5 Å². The molecule has 0 aromatic heterocycles. The third-order valence-corrected chi connectivity index (χ3v) is 5.55. The van der Waals surface area contributed by atoms with E-state index in [1.807, 2.05) is 39.0 Å². The van der Waals surface area contributed by atoms with E-state index in [9.17, 15) is 8.42 Å². The van der Waals surface area contributed by atoms with Gasteiger partial charge < -0.3 is 20.1 Å². The normalized spacial score (nSPS) is 11.8. The number of hydrogen-bond acceptors (Lipinski definition) is 5. The molecule has 0 bridgehead atoms. The number of rotatable bonds is 10. The largest absolute Gasteiger partial charge is 0.493 e. The number of anilines is 1. The van der Waals surface area contributed by atoms with Gasteiger partial charge >= 0.3 is 0 Å². The van der Waals surface area contributed by atoms with Crippen molar-refractivity contribution in [3.05, 3.63) is 48.0 Å². The Hall–Kier alpha value is -2.78. The van der Waals surface area contributed by atoms with Crippen LogP contribution in [0.25, 0.3) is 0 Å². The lowest BCUT2D eigenvalue weighted by Gasteiger charge is -2.14. The van der Waals surface area contributed by atoms with Gasteiger partial charge in [0.05, 0.1) is 25.2 Å². The minimum atomic E-state index is -3.56. The second-order valence-electron chi connectivity index (χ2n) is 6.40. The van der Waals surface area contributed by atoms with Gasteiger partial charge in [-0.2, -0.15) is 0 Å². The van der Waals surface area contributed by atoms with Crippen LogP contribution in [-0.2, 0) is 10.0 Å². The number of aryl methyl sites for hydroxylation is 1. The van der Waals surface area contributed by atoms with Crippen LogP contribution in [0.2, 0.25) is 0 Å². The number of hydrogen-bond donors (Lipinski definition) is 3. The number of guanidine groups is 1. The molecule has 0 fully saturated rings. The fraction of sp³-hybridized carbons (Fsp3) is 0.381. The Balaban J connectivity index is 2.00. The molecule has 8 nitrogen and oxygen atoms in total. The number of benzene rings is 2. The van der Waals surface area contributed by atoms with Gasteiger partial charge in [0.2, 0.25) is 10.0 Å². The maximum absolute atomic E-state index is 12.3. The molecule has 3 N–H and O–H groups in total. The van der Waals surface area contributed by atoms with Gasteiger partial charge in [-0.1, -0.05) is 17.7 Å². The molecule has 0 unspecified atom stereocenters. The van der Waals surface area contributed by atoms with E-state index < -0.39 is 10.0 Å². The number of nitrogens with zero attached hydrogens (tertiary/aromatic N) is 1. The van der Waals surface area contributed by atoms with Crippen LogP contribution >= 0.6 is 0 Å². The molecule has 0 atom stereocenters. The highest BCUT2D eigenvalue weighted by Gasteiger charge is 2.12. The summed E-state index contributed by atoms with van der Waals surface area (Å²) in [6.07, 6.45) is 0. The van der Waals surface area contributed by atoms with E-state index in [4.69, 9.17) is 9.47 Å². The van der Waals surface area contributed by atoms with Crippen molar-refractivity contribution >= 4 is 21.7 Å². The summed E-state index contributed by atoms with van der Waals surface area (Å²) in [5.41, 5.74) is 1.78. The molecule has 0 saturated heterocycles. The second kappa shape index (κ2) is 11.4. The van der Waals surface area contributed by atoms with Crippen molar-refractivity contribution in [1.82, 2.24) is 10.0 Å². The van der Waals surface area contributed by atoms with Crippen molar-refractivity contribution in [2.24, 2.45) is 4.99 Å². The molecule has 0 amide bonds. The van der Waals surface area contributed by atoms with Gasteiger partial charge in [-0.05, 0) is 45.0 Å². The van der Waals surface area contributed by atoms with Gasteiger partial charge in [-0.3, -0.25) is 4.99 Å². The topological polar surface area (TPSA) is 101 Å². The second-order valence-corrected chi connectivity index (χ2v) is 8.16. The molecule has 0 radical (unpaired) electrons. The van der Waals surface area contributed by atoms with E-state index in [0.717, 1.165) is 11.3 Å². The molecule has 0 spiro atoms. The smallest absolute Gasteiger partial charge is 0.240 e. The van der Waals surface area contributed by atoms with Crippen LogP contribution in [0.3, 0.4) is 0 Å². The summed E-state index contributed by atoms with van der Waals surface area (Å²) in [6, 6.07) is 12.2. The Morgan fingerprint density at radius 1 is 1.07 bits per heavy atom. The summed E-state index contributed by atoms with van der Waals surface area (Å²) >= 11 is 0. The zero-order valence-electron chi connectivity index (χ0n) is 17.9. The number of nitrogens with one attached hydrogen (secondary N) is 3. The lowest BCUT2D eigenvalue weighted by molar-refractivity contribution is 0.311. The van der Waals surface area contributed by atoms with Gasteiger partial charge in [0.25, 0.3) is 0 Å². The molecule has 2 rings (SSSR count). The molecule has 0 aliphatic carbocycles. The fourth-order valence-corrected chi connectivity index (χ4v) is 3.63. The minimum absolute atomic E-state index is 0.180. The first-order chi connectivity index (χ1) is 14.4. The quantitative estimate of drug-likeness (QED) is 0.302. The Kier molecular flexibility index (Phi) is 8.94. The third-order valence-electron chi connectivity index (χ3n) is 4.08. The first kappa shape index (κ1) is 23.5. The maximum atomic E-state index is 12.3. The summed E-state index contributed by atoms with van der Waals surface area (Å²) in [7, 11) is -1.97. The molecule has 2 aromatic rings. The number of aliphatic imine (C=N–C) groups is 1. The molecule has 9 heteroatoms. The van der Waals surface area contributed by atoms with Crippen LogP contribution < -0.4 is 24.8 Å². The number of ether oxygens (including phenoxy) is 2. The minimum Gasteiger partial charge on any atom is -0.493 e. The SMILES string of the molecule is CCNC(=NCCNS(=O)(=O)c1ccc(C)cc1)Nc1ccc(OCC)c(OC)c1. The van der Waals surface area contributed by atoms with Gasteiger partial charge in [-0.15, -0.1) is 0 Å². The zero-order valence-corrected chi connectivity index (χ0v) is 18.7. The Morgan fingerprint density at radius 2 is 1.80 bits per heavy atom. The Labute approximate surface area is 178 Å². The van der Waals surface area contributed by atoms with Crippen molar-refractivity contribution in [3.8, 4) is 11.5 Å². The molecule has 164 valence electrons. The Morgan fingerprint density at radius 3 is 2.43 bits per heavy atom. The average molecular weight is 435 g/mol. The summed E-state index contributed by atoms with van der Waals surface area (Å²) in [4.78, 5) is 4.67. The zero-order chi connectivity index (χ0) is 22.0. The highest BCUT2D eigenvalue weighted by atomic mass is 32.2. The molecule has 2 aromatic carbocycles. The monoisotopic (exact) mass is 434 g/mol.